The molecule has 1 aromatic carbocycles. The van der Waals surface area contributed by atoms with Gasteiger partial charge in [0, 0.05) is 16.9 Å². The van der Waals surface area contributed by atoms with E-state index in [1.165, 1.54) is 0 Å². The van der Waals surface area contributed by atoms with Crippen molar-refractivity contribution in [3.05, 3.63) is 23.3 Å². The maximum absolute atomic E-state index is 12.2. The second-order valence-electron chi connectivity index (χ2n) is 2.76. The van der Waals surface area contributed by atoms with Gasteiger partial charge in [-0.1, -0.05) is 0 Å². The van der Waals surface area contributed by atoms with Crippen molar-refractivity contribution >= 4 is 23.0 Å². The highest BCUT2D eigenvalue weighted by molar-refractivity contribution is 6.17. The third kappa shape index (κ3) is 2.04. The van der Waals surface area contributed by atoms with Gasteiger partial charge in [0.2, 0.25) is 0 Å². The number of anilines is 2. The quantitative estimate of drug-likeness (QED) is 0.569. The fourth-order valence-electron chi connectivity index (χ4n) is 1.04. The van der Waals surface area contributed by atoms with Crippen molar-refractivity contribution in [1.82, 2.24) is 0 Å². The van der Waals surface area contributed by atoms with Crippen molar-refractivity contribution in [3.63, 3.8) is 0 Å². The second-order valence-corrected chi connectivity index (χ2v) is 3.03. The van der Waals surface area contributed by atoms with Crippen LogP contribution in [0.2, 0.25) is 0 Å². The molecular formula is C8H8ClF3N2. The van der Waals surface area contributed by atoms with Crippen LogP contribution in [0.1, 0.15) is 11.1 Å². The van der Waals surface area contributed by atoms with Gasteiger partial charge in [0.25, 0.3) is 0 Å². The Morgan fingerprint density at radius 2 is 1.57 bits per heavy atom. The van der Waals surface area contributed by atoms with Gasteiger partial charge in [-0.05, 0) is 12.1 Å². The van der Waals surface area contributed by atoms with Crippen molar-refractivity contribution in [3.8, 4) is 0 Å². The van der Waals surface area contributed by atoms with Crippen LogP contribution in [-0.2, 0) is 12.1 Å². The summed E-state index contributed by atoms with van der Waals surface area (Å²) in [6.45, 7) is 0. The van der Waals surface area contributed by atoms with E-state index in [1.54, 1.807) is 0 Å². The molecule has 0 aromatic heterocycles. The van der Waals surface area contributed by atoms with Crippen molar-refractivity contribution in [2.45, 2.75) is 12.1 Å². The second kappa shape index (κ2) is 3.57. The first-order chi connectivity index (χ1) is 6.36. The molecule has 0 atom stereocenters. The Bertz CT molecular complexity index is 326. The summed E-state index contributed by atoms with van der Waals surface area (Å²) >= 11 is 5.46. The molecule has 78 valence electrons. The van der Waals surface area contributed by atoms with Crippen LogP contribution in [-0.4, -0.2) is 0 Å². The minimum absolute atomic E-state index is 0.00416. The topological polar surface area (TPSA) is 52.0 Å². The summed E-state index contributed by atoms with van der Waals surface area (Å²) in [5, 5.41) is 0. The van der Waals surface area contributed by atoms with E-state index in [-0.39, 0.29) is 17.3 Å². The molecule has 0 aliphatic heterocycles. The number of nitrogens with two attached hydrogens (primary N) is 2. The van der Waals surface area contributed by atoms with Gasteiger partial charge in [0.05, 0.1) is 11.4 Å². The molecule has 0 amide bonds. The zero-order valence-corrected chi connectivity index (χ0v) is 7.78. The molecule has 0 aliphatic rings. The van der Waals surface area contributed by atoms with E-state index in [1.807, 2.05) is 0 Å². The number of nitrogen functional groups attached to an aromatic ring is 2. The molecule has 0 radical (unpaired) electrons. The largest absolute Gasteiger partial charge is 0.416 e. The first-order valence-corrected chi connectivity index (χ1v) is 4.20. The molecular weight excluding hydrogens is 217 g/mol. The highest BCUT2D eigenvalue weighted by atomic mass is 35.5. The standard InChI is InChI=1S/C8H8ClF3N2/c9-3-5-6(13)1-4(2-7(5)14)8(10,11)12/h1-2H,3,13-14H2. The van der Waals surface area contributed by atoms with Crippen LogP contribution in [0.3, 0.4) is 0 Å². The predicted molar refractivity (Wildman–Crippen MR) is 49.8 cm³/mol. The maximum atomic E-state index is 12.2. The van der Waals surface area contributed by atoms with Gasteiger partial charge in [0.1, 0.15) is 0 Å². The molecule has 0 aliphatic carbocycles. The Kier molecular flexibility index (Phi) is 2.80. The van der Waals surface area contributed by atoms with Crippen molar-refractivity contribution in [2.75, 3.05) is 11.5 Å². The first kappa shape index (κ1) is 11.0. The lowest BCUT2D eigenvalue weighted by Crippen LogP contribution is -2.08. The summed E-state index contributed by atoms with van der Waals surface area (Å²) in [6.07, 6.45) is -4.44. The van der Waals surface area contributed by atoms with Crippen molar-refractivity contribution in [1.29, 1.82) is 0 Å². The van der Waals surface area contributed by atoms with Crippen molar-refractivity contribution < 1.29 is 13.2 Å². The van der Waals surface area contributed by atoms with Gasteiger partial charge in [-0.15, -0.1) is 11.6 Å². The van der Waals surface area contributed by atoms with E-state index in [2.05, 4.69) is 0 Å². The minimum Gasteiger partial charge on any atom is -0.398 e. The van der Waals surface area contributed by atoms with Crippen LogP contribution in [0.4, 0.5) is 24.5 Å². The molecule has 0 saturated carbocycles. The van der Waals surface area contributed by atoms with Crippen LogP contribution < -0.4 is 11.5 Å². The summed E-state index contributed by atoms with van der Waals surface area (Å²) in [7, 11) is 0. The van der Waals surface area contributed by atoms with Gasteiger partial charge in [-0.3, -0.25) is 0 Å². The van der Waals surface area contributed by atoms with Gasteiger partial charge in [-0.2, -0.15) is 13.2 Å². The number of halogens is 4. The number of benzene rings is 1. The van der Waals surface area contributed by atoms with Crippen molar-refractivity contribution in [2.24, 2.45) is 0 Å². The summed E-state index contributed by atoms with van der Waals surface area (Å²) < 4.78 is 36.7. The van der Waals surface area contributed by atoms with E-state index >= 15 is 0 Å². The van der Waals surface area contributed by atoms with Gasteiger partial charge in [0.15, 0.2) is 0 Å². The lowest BCUT2D eigenvalue weighted by Gasteiger charge is -2.12. The molecule has 4 N–H and O–H groups in total. The van der Waals surface area contributed by atoms with E-state index in [0.29, 0.717) is 5.56 Å². The minimum atomic E-state index is -4.44. The lowest BCUT2D eigenvalue weighted by atomic mass is 10.1. The molecule has 0 heterocycles. The fraction of sp³-hybridized carbons (Fsp3) is 0.250. The molecule has 0 saturated heterocycles. The van der Waals surface area contributed by atoms with E-state index in [0.717, 1.165) is 12.1 Å². The SMILES string of the molecule is Nc1cc(C(F)(F)F)cc(N)c1CCl. The molecule has 0 bridgehead atoms. The van der Waals surface area contributed by atoms with E-state index < -0.39 is 11.7 Å². The van der Waals surface area contributed by atoms with Crippen LogP contribution in [0.5, 0.6) is 0 Å². The zero-order chi connectivity index (χ0) is 10.9. The Labute approximate surface area is 83.6 Å². The predicted octanol–water partition coefficient (Wildman–Crippen LogP) is 2.61. The molecule has 1 rings (SSSR count). The van der Waals surface area contributed by atoms with Gasteiger partial charge < -0.3 is 11.5 Å². The summed E-state index contributed by atoms with van der Waals surface area (Å²) in [5.74, 6) is -0.00416. The smallest absolute Gasteiger partial charge is 0.398 e. The normalized spacial score (nSPS) is 11.7. The highest BCUT2D eigenvalue weighted by Gasteiger charge is 2.31. The molecule has 2 nitrogen and oxygen atoms in total. The first-order valence-electron chi connectivity index (χ1n) is 3.67. The fourth-order valence-corrected chi connectivity index (χ4v) is 1.34. The maximum Gasteiger partial charge on any atom is 0.416 e. The van der Waals surface area contributed by atoms with E-state index in [9.17, 15) is 13.2 Å². The monoisotopic (exact) mass is 224 g/mol. The van der Waals surface area contributed by atoms with Crippen LogP contribution in [0.15, 0.2) is 12.1 Å². The molecule has 6 heteroatoms. The molecule has 1 aromatic rings. The third-order valence-corrected chi connectivity index (χ3v) is 2.05. The van der Waals surface area contributed by atoms with Crippen LogP contribution in [0, 0.1) is 0 Å². The Balaban J connectivity index is 3.28. The summed E-state index contributed by atoms with van der Waals surface area (Å²) in [4.78, 5) is 0. The van der Waals surface area contributed by atoms with Gasteiger partial charge in [-0.25, -0.2) is 0 Å². The number of alkyl halides is 4. The average molecular weight is 225 g/mol. The summed E-state index contributed by atoms with van der Waals surface area (Å²) in [5.41, 5.74) is 10.1. The number of rotatable bonds is 1. The Hall–Kier alpha value is -1.10. The number of hydrogen-bond acceptors (Lipinski definition) is 2. The highest BCUT2D eigenvalue weighted by Crippen LogP contribution is 2.34. The third-order valence-electron chi connectivity index (χ3n) is 1.78. The van der Waals surface area contributed by atoms with Gasteiger partial charge >= 0.3 is 6.18 Å². The zero-order valence-electron chi connectivity index (χ0n) is 7.03. The Morgan fingerprint density at radius 1 is 1.14 bits per heavy atom. The molecule has 0 unspecified atom stereocenters. The molecule has 14 heavy (non-hydrogen) atoms. The average Bonchev–Trinajstić information content (AvgIpc) is 2.01. The summed E-state index contributed by atoms with van der Waals surface area (Å²) in [6, 6.07) is 1.65. The molecule has 0 fully saturated rings. The lowest BCUT2D eigenvalue weighted by molar-refractivity contribution is -0.137. The van der Waals surface area contributed by atoms with Crippen LogP contribution in [0.25, 0.3) is 0 Å². The van der Waals surface area contributed by atoms with Crippen LogP contribution >= 0.6 is 11.6 Å². The number of hydrogen-bond donors (Lipinski definition) is 2. The van der Waals surface area contributed by atoms with E-state index in [4.69, 9.17) is 23.1 Å². The molecule has 0 spiro atoms. The Morgan fingerprint density at radius 3 is 1.86 bits per heavy atom.